The number of nitrogens with one attached hydrogen (secondary N) is 2. The summed E-state index contributed by atoms with van der Waals surface area (Å²) < 4.78 is 11.2. The van der Waals surface area contributed by atoms with E-state index in [0.29, 0.717) is 24.2 Å². The zero-order valence-electron chi connectivity index (χ0n) is 20.6. The highest BCUT2D eigenvalue weighted by Crippen LogP contribution is 2.34. The quantitative estimate of drug-likeness (QED) is 0.464. The van der Waals surface area contributed by atoms with Gasteiger partial charge >= 0.3 is 6.03 Å². The Kier molecular flexibility index (Phi) is 8.07. The lowest BCUT2D eigenvalue weighted by Crippen LogP contribution is -2.53. The summed E-state index contributed by atoms with van der Waals surface area (Å²) in [5.41, 5.74) is 0.715. The van der Waals surface area contributed by atoms with Crippen LogP contribution in [-0.4, -0.2) is 55.3 Å². The lowest BCUT2D eigenvalue weighted by Gasteiger charge is -2.29. The van der Waals surface area contributed by atoms with Crippen LogP contribution in [-0.2, 0) is 26.3 Å². The number of nitriles is 1. The number of aliphatic imine (C=N–C) groups is 1. The average molecular weight is 492 g/mol. The van der Waals surface area contributed by atoms with Crippen molar-refractivity contribution in [3.8, 4) is 6.07 Å². The third-order valence-corrected chi connectivity index (χ3v) is 6.18. The van der Waals surface area contributed by atoms with E-state index >= 15 is 0 Å². The lowest BCUT2D eigenvalue weighted by atomic mass is 9.94. The van der Waals surface area contributed by atoms with Crippen LogP contribution in [0.25, 0.3) is 6.08 Å². The normalized spacial score (nSPS) is 23.7. The van der Waals surface area contributed by atoms with Crippen LogP contribution in [0.4, 0.5) is 4.79 Å². The van der Waals surface area contributed by atoms with Gasteiger partial charge in [0, 0.05) is 31.5 Å². The van der Waals surface area contributed by atoms with E-state index in [9.17, 15) is 19.6 Å². The maximum Gasteiger partial charge on any atom is 0.322 e. The number of imide groups is 1. The number of hydrogen-bond donors (Lipinski definition) is 2. The minimum Gasteiger partial charge on any atom is -0.458 e. The second kappa shape index (κ2) is 11.0. The topological polar surface area (TPSA) is 137 Å². The Morgan fingerprint density at radius 2 is 2.14 bits per heavy atom. The van der Waals surface area contributed by atoms with Crippen LogP contribution in [0, 0.1) is 11.3 Å². The van der Waals surface area contributed by atoms with Crippen LogP contribution in [0.3, 0.4) is 0 Å². The van der Waals surface area contributed by atoms with Gasteiger partial charge in [0.15, 0.2) is 5.54 Å². The van der Waals surface area contributed by atoms with Gasteiger partial charge in [-0.25, -0.2) is 9.79 Å². The minimum atomic E-state index is -1.60. The molecular weight excluding hydrogens is 462 g/mol. The van der Waals surface area contributed by atoms with Gasteiger partial charge in [0.2, 0.25) is 5.91 Å². The summed E-state index contributed by atoms with van der Waals surface area (Å²) in [7, 11) is 1.60. The highest BCUT2D eigenvalue weighted by molar-refractivity contribution is 6.08. The van der Waals surface area contributed by atoms with Crippen molar-refractivity contribution < 1.29 is 23.5 Å². The Bertz CT molecular complexity index is 1230. The summed E-state index contributed by atoms with van der Waals surface area (Å²) >= 11 is 0. The third kappa shape index (κ3) is 5.06. The molecule has 3 aliphatic rings. The van der Waals surface area contributed by atoms with Crippen molar-refractivity contribution in [2.75, 3.05) is 20.2 Å². The maximum absolute atomic E-state index is 13.1. The summed E-state index contributed by atoms with van der Waals surface area (Å²) in [6.45, 7) is 9.77. The molecule has 1 aromatic heterocycles. The van der Waals surface area contributed by atoms with E-state index in [1.54, 1.807) is 26.3 Å². The molecule has 1 saturated heterocycles. The molecule has 1 aromatic rings. The highest BCUT2D eigenvalue weighted by atomic mass is 16.5. The second-order valence-electron chi connectivity index (χ2n) is 8.42. The lowest BCUT2D eigenvalue weighted by molar-refractivity contribution is -0.130. The Hall–Kier alpha value is -4.23. The molecule has 188 valence electrons. The predicted octanol–water partition coefficient (Wildman–Crippen LogP) is 2.75. The summed E-state index contributed by atoms with van der Waals surface area (Å²) in [5, 5.41) is 14.2. The van der Waals surface area contributed by atoms with Gasteiger partial charge in [-0.3, -0.25) is 14.9 Å². The van der Waals surface area contributed by atoms with Gasteiger partial charge in [0.25, 0.3) is 5.91 Å². The number of carbonyl (C=O) groups is 3. The molecule has 10 heteroatoms. The molecule has 0 spiro atoms. The Morgan fingerprint density at radius 3 is 2.78 bits per heavy atom. The first-order valence-corrected chi connectivity index (χ1v) is 11.4. The monoisotopic (exact) mass is 491 g/mol. The fourth-order valence-corrected chi connectivity index (χ4v) is 4.12. The molecule has 2 N–H and O–H groups in total. The van der Waals surface area contributed by atoms with E-state index in [4.69, 9.17) is 9.15 Å². The number of nitrogens with zero attached hydrogens (tertiary/aromatic N) is 3. The van der Waals surface area contributed by atoms with Gasteiger partial charge in [-0.05, 0) is 43.9 Å². The molecule has 0 aromatic carbocycles. The number of carbonyl (C=O) groups excluding carboxylic acids is 3. The maximum atomic E-state index is 13.1. The van der Waals surface area contributed by atoms with Gasteiger partial charge in [-0.2, -0.15) is 5.26 Å². The Labute approximate surface area is 209 Å². The third-order valence-electron chi connectivity index (χ3n) is 6.18. The molecule has 0 radical (unpaired) electrons. The number of hydrogen-bond acceptors (Lipinski definition) is 7. The Morgan fingerprint density at radius 1 is 1.39 bits per heavy atom. The van der Waals surface area contributed by atoms with Crippen molar-refractivity contribution >= 4 is 30.1 Å². The van der Waals surface area contributed by atoms with Crippen molar-refractivity contribution in [2.24, 2.45) is 4.99 Å². The molecular formula is C26H29N5O5. The highest BCUT2D eigenvalue weighted by Gasteiger charge is 2.53. The van der Waals surface area contributed by atoms with E-state index in [2.05, 4.69) is 28.8 Å². The average Bonchev–Trinajstić information content (AvgIpc) is 3.48. The van der Waals surface area contributed by atoms with Crippen molar-refractivity contribution in [3.63, 3.8) is 0 Å². The van der Waals surface area contributed by atoms with Crippen LogP contribution in [0.1, 0.15) is 37.4 Å². The van der Waals surface area contributed by atoms with Crippen LogP contribution < -0.4 is 10.6 Å². The van der Waals surface area contributed by atoms with Gasteiger partial charge in [-0.15, -0.1) is 13.2 Å². The molecule has 36 heavy (non-hydrogen) atoms. The van der Waals surface area contributed by atoms with Gasteiger partial charge < -0.3 is 19.4 Å². The largest absolute Gasteiger partial charge is 0.458 e. The van der Waals surface area contributed by atoms with Crippen LogP contribution in [0.2, 0.25) is 0 Å². The molecule has 4 rings (SSSR count). The Balaban J connectivity index is 0.00000176. The van der Waals surface area contributed by atoms with Gasteiger partial charge in [0.05, 0.1) is 12.6 Å². The summed E-state index contributed by atoms with van der Waals surface area (Å²) in [5.74, 6) is -0.250. The van der Waals surface area contributed by atoms with E-state index in [1.807, 2.05) is 25.1 Å². The summed E-state index contributed by atoms with van der Waals surface area (Å²) in [6, 6.07) is 3.03. The number of methoxy groups -OCH3 is 1. The second-order valence-corrected chi connectivity index (χ2v) is 8.42. The first kappa shape index (κ1) is 26.4. The first-order valence-electron chi connectivity index (χ1n) is 11.4. The zero-order chi connectivity index (χ0) is 26.5. The molecule has 3 aliphatic heterocycles. The van der Waals surface area contributed by atoms with Crippen LogP contribution in [0.15, 0.2) is 57.6 Å². The standard InChI is InChI=1S/C24H25N5O5.C2H4/c1-14(33-3)6-7-17-12-29(21(30)15(17)2)13-24(22(31)27-23(32)28-24)20-9-16-5-4-8-26-18(11-25)10-19(16)34-20;1-2/h6-10,14H,4-5,12-13H2,1-3H3,(H2,27,28,31,32);1-2H2/b7-6-,18-10-,26-8?;/t14?,24-;/m0./s1. The van der Waals surface area contributed by atoms with Crippen LogP contribution >= 0.6 is 0 Å². The van der Waals surface area contributed by atoms with E-state index in [0.717, 1.165) is 11.1 Å². The van der Waals surface area contributed by atoms with Gasteiger partial charge in [0.1, 0.15) is 23.3 Å². The summed E-state index contributed by atoms with van der Waals surface area (Å²) in [4.78, 5) is 43.9. The van der Waals surface area contributed by atoms with Crippen molar-refractivity contribution in [1.82, 2.24) is 15.5 Å². The van der Waals surface area contributed by atoms with E-state index in [1.165, 1.54) is 11.0 Å². The molecule has 0 aliphatic carbocycles. The number of aryl methyl sites for hydroxylation is 1. The molecule has 1 fully saturated rings. The van der Waals surface area contributed by atoms with Gasteiger partial charge in [-0.1, -0.05) is 12.2 Å². The molecule has 0 saturated carbocycles. The minimum absolute atomic E-state index is 0.115. The predicted molar refractivity (Wildman–Crippen MR) is 134 cm³/mol. The number of furan rings is 1. The number of amides is 4. The number of fused-ring (bicyclic) bond motifs is 1. The van der Waals surface area contributed by atoms with Crippen molar-refractivity contribution in [1.29, 1.82) is 5.26 Å². The molecule has 0 bridgehead atoms. The fourth-order valence-electron chi connectivity index (χ4n) is 4.12. The molecule has 10 nitrogen and oxygen atoms in total. The molecule has 4 heterocycles. The number of urea groups is 1. The molecule has 4 amide bonds. The smallest absolute Gasteiger partial charge is 0.322 e. The van der Waals surface area contributed by atoms with Crippen molar-refractivity contribution in [3.05, 3.63) is 65.3 Å². The number of rotatable bonds is 6. The SMILES string of the molecule is C=C.COC(C)/C=C\C1=C(C)C(=O)N(C[C@@]2(c3cc4c(o3)/C=C(/C#N)N=CCC4)NC(=O)NC2=O)C1. The van der Waals surface area contributed by atoms with Crippen molar-refractivity contribution in [2.45, 2.75) is 38.3 Å². The summed E-state index contributed by atoms with van der Waals surface area (Å²) in [6.07, 6.45) is 7.90. The van der Waals surface area contributed by atoms with E-state index < -0.39 is 17.5 Å². The fraction of sp³-hybridized carbons (Fsp3) is 0.346. The molecule has 2 atom stereocenters. The first-order chi connectivity index (χ1) is 17.3. The van der Waals surface area contributed by atoms with E-state index in [-0.39, 0.29) is 36.6 Å². The number of ether oxygens (including phenoxy) is 1. The number of allylic oxidation sites excluding steroid dienone is 1. The molecule has 1 unspecified atom stereocenters. The van der Waals surface area contributed by atoms with Crippen LogP contribution in [0.5, 0.6) is 0 Å². The zero-order valence-corrected chi connectivity index (χ0v) is 20.6.